The van der Waals surface area contributed by atoms with E-state index in [4.69, 9.17) is 4.74 Å². The van der Waals surface area contributed by atoms with Crippen LogP contribution in [0.25, 0.3) is 0 Å². The Morgan fingerprint density at radius 2 is 1.85 bits per heavy atom. The molecular formula is C19H20BrF3N2O. The van der Waals surface area contributed by atoms with Crippen LogP contribution in [0.5, 0.6) is 5.75 Å². The fraction of sp³-hybridized carbons (Fsp3) is 0.368. The molecule has 3 nitrogen and oxygen atoms in total. The van der Waals surface area contributed by atoms with E-state index >= 15 is 0 Å². The summed E-state index contributed by atoms with van der Waals surface area (Å²) < 4.78 is 44.3. The van der Waals surface area contributed by atoms with E-state index in [0.29, 0.717) is 17.4 Å². The molecule has 0 bridgehead atoms. The second-order valence-electron chi connectivity index (χ2n) is 6.32. The van der Waals surface area contributed by atoms with Gasteiger partial charge in [-0.15, -0.1) is 0 Å². The number of alkyl halides is 3. The molecule has 3 rings (SSSR count). The summed E-state index contributed by atoms with van der Waals surface area (Å²) in [6, 6.07) is 11.4. The first-order valence-electron chi connectivity index (χ1n) is 8.43. The van der Waals surface area contributed by atoms with Gasteiger partial charge in [0, 0.05) is 19.1 Å². The maximum atomic E-state index is 12.6. The smallest absolute Gasteiger partial charge is 0.416 e. The van der Waals surface area contributed by atoms with Crippen molar-refractivity contribution < 1.29 is 17.9 Å². The average Bonchev–Trinajstić information content (AvgIpc) is 3.12. The van der Waals surface area contributed by atoms with Gasteiger partial charge in [0.1, 0.15) is 12.4 Å². The molecule has 0 amide bonds. The maximum Gasteiger partial charge on any atom is 0.416 e. The Balaban J connectivity index is 1.54. The molecule has 2 aromatic rings. The van der Waals surface area contributed by atoms with Gasteiger partial charge in [0.25, 0.3) is 0 Å². The Morgan fingerprint density at radius 1 is 1.12 bits per heavy atom. The Hall–Kier alpha value is -1.57. The number of benzene rings is 2. The van der Waals surface area contributed by atoms with Crippen LogP contribution in [0.3, 0.4) is 0 Å². The Kier molecular flexibility index (Phi) is 6.21. The third kappa shape index (κ3) is 5.22. The Morgan fingerprint density at radius 3 is 2.46 bits per heavy atom. The summed E-state index contributed by atoms with van der Waals surface area (Å²) in [5.74, 6) is 0.663. The van der Waals surface area contributed by atoms with Crippen molar-refractivity contribution in [2.75, 3.05) is 13.1 Å². The molecule has 1 atom stereocenters. The summed E-state index contributed by atoms with van der Waals surface area (Å²) >= 11 is 3.50. The van der Waals surface area contributed by atoms with Crippen LogP contribution in [-0.2, 0) is 19.3 Å². The van der Waals surface area contributed by atoms with E-state index in [1.807, 2.05) is 18.2 Å². The van der Waals surface area contributed by atoms with Crippen molar-refractivity contribution in [2.45, 2.75) is 31.8 Å². The van der Waals surface area contributed by atoms with Crippen LogP contribution in [0, 0.1) is 0 Å². The van der Waals surface area contributed by atoms with Crippen molar-refractivity contribution >= 4 is 15.9 Å². The highest BCUT2D eigenvalue weighted by Gasteiger charge is 2.29. The first-order chi connectivity index (χ1) is 12.4. The molecule has 1 unspecified atom stereocenters. The zero-order valence-corrected chi connectivity index (χ0v) is 15.7. The summed E-state index contributed by atoms with van der Waals surface area (Å²) in [6.45, 7) is 3.04. The molecule has 1 aliphatic heterocycles. The summed E-state index contributed by atoms with van der Waals surface area (Å²) in [7, 11) is 0. The summed E-state index contributed by atoms with van der Waals surface area (Å²) in [6.07, 6.45) is -3.18. The molecule has 0 spiro atoms. The van der Waals surface area contributed by atoms with Crippen LogP contribution >= 0.6 is 15.9 Å². The molecule has 0 aliphatic carbocycles. The third-order valence-corrected chi connectivity index (χ3v) is 4.95. The van der Waals surface area contributed by atoms with Crippen molar-refractivity contribution in [3.05, 3.63) is 63.6 Å². The van der Waals surface area contributed by atoms with Crippen LogP contribution < -0.4 is 15.4 Å². The van der Waals surface area contributed by atoms with Crippen molar-refractivity contribution in [1.29, 1.82) is 0 Å². The molecule has 1 heterocycles. The Bertz CT molecular complexity index is 729. The van der Waals surface area contributed by atoms with Crippen molar-refractivity contribution in [2.24, 2.45) is 0 Å². The zero-order valence-electron chi connectivity index (χ0n) is 14.1. The van der Waals surface area contributed by atoms with Gasteiger partial charge < -0.3 is 15.4 Å². The lowest BCUT2D eigenvalue weighted by Gasteiger charge is -2.13. The maximum absolute atomic E-state index is 12.6. The predicted octanol–water partition coefficient (Wildman–Crippen LogP) is 4.50. The van der Waals surface area contributed by atoms with E-state index < -0.39 is 11.7 Å². The number of hydrogen-bond acceptors (Lipinski definition) is 3. The van der Waals surface area contributed by atoms with Gasteiger partial charge in [-0.1, -0.05) is 18.2 Å². The van der Waals surface area contributed by atoms with Crippen molar-refractivity contribution in [3.63, 3.8) is 0 Å². The van der Waals surface area contributed by atoms with Crippen LogP contribution in [0.1, 0.15) is 23.1 Å². The molecule has 0 radical (unpaired) electrons. The van der Waals surface area contributed by atoms with Crippen LogP contribution in [0.2, 0.25) is 0 Å². The second kappa shape index (κ2) is 8.41. The van der Waals surface area contributed by atoms with Gasteiger partial charge in [-0.25, -0.2) is 0 Å². The highest BCUT2D eigenvalue weighted by Crippen LogP contribution is 2.30. The van der Waals surface area contributed by atoms with Crippen molar-refractivity contribution in [3.8, 4) is 5.75 Å². The molecule has 0 saturated carbocycles. The summed E-state index contributed by atoms with van der Waals surface area (Å²) in [4.78, 5) is 0. The van der Waals surface area contributed by atoms with Gasteiger partial charge in [-0.2, -0.15) is 13.2 Å². The van der Waals surface area contributed by atoms with Gasteiger partial charge in [-0.3, -0.25) is 0 Å². The minimum Gasteiger partial charge on any atom is -0.488 e. The molecule has 0 aromatic heterocycles. The van der Waals surface area contributed by atoms with Crippen molar-refractivity contribution in [1.82, 2.24) is 10.6 Å². The van der Waals surface area contributed by atoms with Gasteiger partial charge in [0.2, 0.25) is 0 Å². The first kappa shape index (κ1) is 19.2. The highest BCUT2D eigenvalue weighted by atomic mass is 79.9. The fourth-order valence-corrected chi connectivity index (χ4v) is 3.35. The van der Waals surface area contributed by atoms with E-state index in [1.165, 1.54) is 12.1 Å². The molecule has 2 aromatic carbocycles. The number of nitrogens with one attached hydrogen (secondary N) is 2. The number of ether oxygens (including phenoxy) is 1. The largest absolute Gasteiger partial charge is 0.488 e. The third-order valence-electron chi connectivity index (χ3n) is 4.33. The van der Waals surface area contributed by atoms with E-state index in [1.54, 1.807) is 0 Å². The fourth-order valence-electron chi connectivity index (χ4n) is 2.81. The van der Waals surface area contributed by atoms with Gasteiger partial charge in [-0.05, 0) is 64.3 Å². The van der Waals surface area contributed by atoms with Gasteiger partial charge >= 0.3 is 6.18 Å². The number of rotatable bonds is 6. The summed E-state index contributed by atoms with van der Waals surface area (Å²) in [5.41, 5.74) is 1.17. The molecule has 1 saturated heterocycles. The molecule has 1 aliphatic rings. The van der Waals surface area contributed by atoms with Crippen LogP contribution in [0.4, 0.5) is 13.2 Å². The highest BCUT2D eigenvalue weighted by molar-refractivity contribution is 9.10. The lowest BCUT2D eigenvalue weighted by Crippen LogP contribution is -2.30. The monoisotopic (exact) mass is 428 g/mol. The lowest BCUT2D eigenvalue weighted by molar-refractivity contribution is -0.137. The topological polar surface area (TPSA) is 33.3 Å². The normalized spacial score (nSPS) is 17.5. The van der Waals surface area contributed by atoms with E-state index in [0.717, 1.165) is 48.2 Å². The SMILES string of the molecule is FC(F)(F)c1ccc(COc2ccc(CNC3CCNC3)cc2Br)cc1. The Labute approximate surface area is 159 Å². The molecular weight excluding hydrogens is 409 g/mol. The number of halogens is 4. The standard InChI is InChI=1S/C19H20BrF3N2O/c20-17-9-14(10-25-16-7-8-24-11-16)3-6-18(17)26-12-13-1-4-15(5-2-13)19(21,22)23/h1-6,9,16,24-25H,7-8,10-12H2. The second-order valence-corrected chi connectivity index (χ2v) is 7.17. The molecule has 1 fully saturated rings. The summed E-state index contributed by atoms with van der Waals surface area (Å²) in [5, 5.41) is 6.82. The number of hydrogen-bond donors (Lipinski definition) is 2. The minimum atomic E-state index is -4.32. The molecule has 140 valence electrons. The van der Waals surface area contributed by atoms with Gasteiger partial charge in [0.15, 0.2) is 0 Å². The zero-order chi connectivity index (χ0) is 18.6. The van der Waals surface area contributed by atoms with E-state index in [9.17, 15) is 13.2 Å². The van der Waals surface area contributed by atoms with E-state index in [-0.39, 0.29) is 6.61 Å². The minimum absolute atomic E-state index is 0.210. The first-order valence-corrected chi connectivity index (χ1v) is 9.22. The van der Waals surface area contributed by atoms with Gasteiger partial charge in [0.05, 0.1) is 10.0 Å². The predicted molar refractivity (Wildman–Crippen MR) is 98.0 cm³/mol. The quantitative estimate of drug-likeness (QED) is 0.710. The van der Waals surface area contributed by atoms with Crippen LogP contribution in [0.15, 0.2) is 46.9 Å². The molecule has 26 heavy (non-hydrogen) atoms. The lowest BCUT2D eigenvalue weighted by atomic mass is 10.1. The average molecular weight is 429 g/mol. The van der Waals surface area contributed by atoms with E-state index in [2.05, 4.69) is 26.6 Å². The molecule has 2 N–H and O–H groups in total. The molecule has 7 heteroatoms. The van der Waals surface area contributed by atoms with Crippen LogP contribution in [-0.4, -0.2) is 19.1 Å².